The molecular weight excluding hydrogens is 302 g/mol. The quantitative estimate of drug-likeness (QED) is 0.745. The maximum Gasteiger partial charge on any atom is 0.338 e. The highest BCUT2D eigenvalue weighted by atomic mass is 16.5. The van der Waals surface area contributed by atoms with E-state index in [2.05, 4.69) is 6.07 Å². The van der Waals surface area contributed by atoms with Crippen molar-refractivity contribution >= 4 is 16.9 Å². The number of aryl methyl sites for hydroxylation is 2. The van der Waals surface area contributed by atoms with Gasteiger partial charge in [0.2, 0.25) is 0 Å². The molecule has 0 atom stereocenters. The van der Waals surface area contributed by atoms with Gasteiger partial charge in [-0.05, 0) is 31.5 Å². The number of hydrogen-bond donors (Lipinski definition) is 1. The Morgan fingerprint density at radius 3 is 2.67 bits per heavy atom. The van der Waals surface area contributed by atoms with Crippen LogP contribution >= 0.6 is 0 Å². The number of rotatable bonds is 4. The Morgan fingerprint density at radius 2 is 1.92 bits per heavy atom. The average molecular weight is 321 g/mol. The Hall–Kier alpha value is -2.72. The van der Waals surface area contributed by atoms with Gasteiger partial charge in [-0.1, -0.05) is 42.0 Å². The normalized spacial score (nSPS) is 10.8. The average Bonchev–Trinajstić information content (AvgIpc) is 2.58. The van der Waals surface area contributed by atoms with E-state index >= 15 is 0 Å². The minimum atomic E-state index is -0.450. The topological polar surface area (TPSA) is 59.4 Å². The van der Waals surface area contributed by atoms with Gasteiger partial charge in [0.25, 0.3) is 0 Å². The number of fused-ring (bicyclic) bond motifs is 1. The van der Waals surface area contributed by atoms with Crippen molar-refractivity contribution in [1.29, 1.82) is 0 Å². The molecule has 0 aliphatic rings. The summed E-state index contributed by atoms with van der Waals surface area (Å²) in [6.07, 6.45) is 0. The van der Waals surface area contributed by atoms with Crippen molar-refractivity contribution in [2.24, 2.45) is 0 Å². The van der Waals surface area contributed by atoms with Gasteiger partial charge in [-0.25, -0.2) is 9.78 Å². The third kappa shape index (κ3) is 3.14. The lowest BCUT2D eigenvalue weighted by Crippen LogP contribution is -2.10. The van der Waals surface area contributed by atoms with Crippen molar-refractivity contribution in [1.82, 2.24) is 4.98 Å². The molecule has 0 spiro atoms. The Kier molecular flexibility index (Phi) is 4.58. The minimum Gasteiger partial charge on any atom is -0.460 e. The van der Waals surface area contributed by atoms with Gasteiger partial charge < -0.3 is 9.84 Å². The van der Waals surface area contributed by atoms with Gasteiger partial charge in [-0.15, -0.1) is 0 Å². The molecule has 0 aliphatic carbocycles. The zero-order chi connectivity index (χ0) is 17.1. The number of aromatic nitrogens is 1. The predicted molar refractivity (Wildman–Crippen MR) is 94.0 cm³/mol. The minimum absolute atomic E-state index is 0.0195. The van der Waals surface area contributed by atoms with E-state index in [1.165, 1.54) is 5.56 Å². The van der Waals surface area contributed by atoms with Gasteiger partial charge in [0.15, 0.2) is 0 Å². The molecule has 2 aromatic carbocycles. The number of ether oxygens (including phenoxy) is 1. The van der Waals surface area contributed by atoms with E-state index in [4.69, 9.17) is 14.8 Å². The van der Waals surface area contributed by atoms with Crippen molar-refractivity contribution in [2.45, 2.75) is 13.8 Å². The van der Waals surface area contributed by atoms with Crippen molar-refractivity contribution in [3.8, 4) is 11.3 Å². The molecule has 0 amide bonds. The molecule has 24 heavy (non-hydrogen) atoms. The van der Waals surface area contributed by atoms with E-state index in [9.17, 15) is 4.79 Å². The van der Waals surface area contributed by atoms with Crippen molar-refractivity contribution in [3.63, 3.8) is 0 Å². The van der Waals surface area contributed by atoms with Crippen molar-refractivity contribution in [3.05, 3.63) is 65.2 Å². The predicted octanol–water partition coefficient (Wildman–Crippen LogP) is 3.67. The third-order valence-corrected chi connectivity index (χ3v) is 3.92. The lowest BCUT2D eigenvalue weighted by Gasteiger charge is -2.11. The summed E-state index contributed by atoms with van der Waals surface area (Å²) in [7, 11) is 0. The number of pyridine rings is 1. The van der Waals surface area contributed by atoms with Crippen LogP contribution in [0, 0.1) is 13.8 Å². The number of para-hydroxylation sites is 1. The summed E-state index contributed by atoms with van der Waals surface area (Å²) in [6, 6.07) is 15.4. The summed E-state index contributed by atoms with van der Waals surface area (Å²) >= 11 is 0. The lowest BCUT2D eigenvalue weighted by molar-refractivity contribution is 0.0436. The van der Waals surface area contributed by atoms with E-state index in [0.717, 1.165) is 27.7 Å². The smallest absolute Gasteiger partial charge is 0.338 e. The Bertz CT molecular complexity index is 903. The van der Waals surface area contributed by atoms with Crippen LogP contribution in [0.2, 0.25) is 0 Å². The fourth-order valence-corrected chi connectivity index (χ4v) is 2.80. The molecule has 1 aromatic heterocycles. The first kappa shape index (κ1) is 16.1. The molecule has 4 heteroatoms. The Morgan fingerprint density at radius 1 is 1.12 bits per heavy atom. The monoisotopic (exact) mass is 321 g/mol. The van der Waals surface area contributed by atoms with Gasteiger partial charge in [-0.3, -0.25) is 0 Å². The van der Waals surface area contributed by atoms with Crippen LogP contribution in [0.5, 0.6) is 0 Å². The molecule has 0 saturated carbocycles. The summed E-state index contributed by atoms with van der Waals surface area (Å²) < 4.78 is 5.11. The second-order valence-electron chi connectivity index (χ2n) is 5.75. The first-order chi connectivity index (χ1) is 11.6. The summed E-state index contributed by atoms with van der Waals surface area (Å²) in [4.78, 5) is 17.1. The Labute approximate surface area is 140 Å². The Balaban J connectivity index is 2.18. The first-order valence-corrected chi connectivity index (χ1v) is 7.85. The third-order valence-electron chi connectivity index (χ3n) is 3.92. The van der Waals surface area contributed by atoms with Crippen LogP contribution in [0.3, 0.4) is 0 Å². The van der Waals surface area contributed by atoms with E-state index in [1.807, 2.05) is 50.2 Å². The van der Waals surface area contributed by atoms with Crippen LogP contribution in [0.25, 0.3) is 22.2 Å². The highest BCUT2D eigenvalue weighted by Gasteiger charge is 2.15. The molecule has 1 heterocycles. The molecule has 0 saturated heterocycles. The molecule has 3 rings (SSSR count). The fourth-order valence-electron chi connectivity index (χ4n) is 2.80. The van der Waals surface area contributed by atoms with Crippen molar-refractivity contribution in [2.75, 3.05) is 13.2 Å². The molecule has 4 nitrogen and oxygen atoms in total. The molecule has 122 valence electrons. The van der Waals surface area contributed by atoms with Gasteiger partial charge in [0, 0.05) is 10.9 Å². The molecular formula is C20H19NO3. The largest absolute Gasteiger partial charge is 0.460 e. The second-order valence-corrected chi connectivity index (χ2v) is 5.75. The van der Waals surface area contributed by atoms with Crippen LogP contribution in [0.15, 0.2) is 48.5 Å². The number of carbonyl (C=O) groups is 1. The number of hydrogen-bond acceptors (Lipinski definition) is 4. The van der Waals surface area contributed by atoms with Crippen LogP contribution in [0.4, 0.5) is 0 Å². The first-order valence-electron chi connectivity index (χ1n) is 7.85. The summed E-state index contributed by atoms with van der Waals surface area (Å²) in [6.45, 7) is 3.86. The SMILES string of the molecule is Cc1ccc(-c2cc(C(=O)OCCO)c3ccccc3n2)c(C)c1. The summed E-state index contributed by atoms with van der Waals surface area (Å²) in [5.74, 6) is -0.450. The number of esters is 1. The highest BCUT2D eigenvalue weighted by molar-refractivity contribution is 6.04. The van der Waals surface area contributed by atoms with E-state index in [-0.39, 0.29) is 13.2 Å². The number of carbonyl (C=O) groups excluding carboxylic acids is 1. The van der Waals surface area contributed by atoms with Crippen LogP contribution in [0.1, 0.15) is 21.5 Å². The second kappa shape index (κ2) is 6.81. The highest BCUT2D eigenvalue weighted by Crippen LogP contribution is 2.28. The molecule has 0 fully saturated rings. The number of nitrogens with zero attached hydrogens (tertiary/aromatic N) is 1. The van der Waals surface area contributed by atoms with E-state index < -0.39 is 5.97 Å². The van der Waals surface area contributed by atoms with E-state index in [1.54, 1.807) is 6.07 Å². The maximum absolute atomic E-state index is 12.4. The molecule has 0 radical (unpaired) electrons. The zero-order valence-corrected chi connectivity index (χ0v) is 13.7. The van der Waals surface area contributed by atoms with Gasteiger partial charge in [-0.2, -0.15) is 0 Å². The number of benzene rings is 2. The molecule has 0 unspecified atom stereocenters. The molecule has 0 aliphatic heterocycles. The van der Waals surface area contributed by atoms with E-state index in [0.29, 0.717) is 5.56 Å². The summed E-state index contributed by atoms with van der Waals surface area (Å²) in [5.41, 5.74) is 5.21. The molecule has 1 N–H and O–H groups in total. The van der Waals surface area contributed by atoms with Crippen molar-refractivity contribution < 1.29 is 14.6 Å². The number of aliphatic hydroxyl groups is 1. The standard InChI is InChI=1S/C20H19NO3/c1-13-7-8-15(14(2)11-13)19-12-17(20(23)24-10-9-22)16-5-3-4-6-18(16)21-19/h3-8,11-12,22H,9-10H2,1-2H3. The van der Waals surface area contributed by atoms with Gasteiger partial charge in [0.05, 0.1) is 23.4 Å². The van der Waals surface area contributed by atoms with Crippen LogP contribution < -0.4 is 0 Å². The fraction of sp³-hybridized carbons (Fsp3) is 0.200. The van der Waals surface area contributed by atoms with Crippen LogP contribution in [-0.2, 0) is 4.74 Å². The molecule has 3 aromatic rings. The number of aliphatic hydroxyl groups excluding tert-OH is 1. The molecule has 0 bridgehead atoms. The lowest BCUT2D eigenvalue weighted by atomic mass is 9.99. The zero-order valence-electron chi connectivity index (χ0n) is 13.7. The van der Waals surface area contributed by atoms with Gasteiger partial charge in [0.1, 0.15) is 6.61 Å². The maximum atomic E-state index is 12.4. The van der Waals surface area contributed by atoms with Gasteiger partial charge >= 0.3 is 5.97 Å². The van der Waals surface area contributed by atoms with Crippen LogP contribution in [-0.4, -0.2) is 29.3 Å². The summed E-state index contributed by atoms with van der Waals surface area (Å²) in [5, 5.41) is 9.63.